The number of aryl methyl sites for hydroxylation is 1. The van der Waals surface area contributed by atoms with Crippen LogP contribution >= 0.6 is 0 Å². The van der Waals surface area contributed by atoms with Gasteiger partial charge < -0.3 is 19.1 Å². The van der Waals surface area contributed by atoms with E-state index in [0.717, 1.165) is 90.0 Å². The summed E-state index contributed by atoms with van der Waals surface area (Å²) in [6.07, 6.45) is 18.0. The third-order valence-corrected chi connectivity index (χ3v) is 8.42. The molecular weight excluding hydrogens is 450 g/mol. The lowest BCUT2D eigenvalue weighted by atomic mass is 9.80. The number of allylic oxidation sites excluding steroid dienone is 3. The Morgan fingerprint density at radius 1 is 1.25 bits per heavy atom. The van der Waals surface area contributed by atoms with Crippen LogP contribution in [0.4, 0.5) is 0 Å². The van der Waals surface area contributed by atoms with Gasteiger partial charge in [-0.15, -0.1) is 0 Å². The lowest BCUT2D eigenvalue weighted by Gasteiger charge is -2.36. The summed E-state index contributed by atoms with van der Waals surface area (Å²) in [5, 5.41) is 0. The second-order valence-electron chi connectivity index (χ2n) is 11.5. The highest BCUT2D eigenvalue weighted by atomic mass is 16.5. The molecule has 3 heterocycles. The number of likely N-dealkylation sites (tertiary alicyclic amines) is 1. The number of carbonyl (C=O) groups excluding carboxylic acids is 1. The topological polar surface area (TPSA) is 53.8 Å². The zero-order valence-corrected chi connectivity index (χ0v) is 23.0. The van der Waals surface area contributed by atoms with Crippen LogP contribution in [0, 0.1) is 11.8 Å². The number of hydrogen-bond acceptors (Lipinski definition) is 5. The van der Waals surface area contributed by atoms with Crippen LogP contribution < -0.4 is 0 Å². The summed E-state index contributed by atoms with van der Waals surface area (Å²) >= 11 is 0. The van der Waals surface area contributed by atoms with E-state index in [9.17, 15) is 4.79 Å². The SMILES string of the molecule is CCCCN(CCCN(C)C)C(=O)CN1C[C@H](C2C=C3CCOC3=CC2)CC1(C)CCn1ccnc1. The molecule has 0 spiro atoms. The zero-order chi connectivity index (χ0) is 25.5. The number of rotatable bonds is 13. The molecular formula is C29H47N5O2. The van der Waals surface area contributed by atoms with Crippen LogP contribution in [0.3, 0.4) is 0 Å². The highest BCUT2D eigenvalue weighted by Gasteiger charge is 2.45. The molecule has 1 aliphatic carbocycles. The van der Waals surface area contributed by atoms with Gasteiger partial charge in [0.2, 0.25) is 5.91 Å². The van der Waals surface area contributed by atoms with Crippen molar-refractivity contribution in [3.05, 3.63) is 42.2 Å². The van der Waals surface area contributed by atoms with E-state index in [2.05, 4.69) is 64.3 Å². The van der Waals surface area contributed by atoms with Crippen molar-refractivity contribution in [1.82, 2.24) is 24.3 Å². The molecule has 0 N–H and O–H groups in total. The van der Waals surface area contributed by atoms with Crippen LogP contribution in [0.25, 0.3) is 0 Å². The van der Waals surface area contributed by atoms with E-state index >= 15 is 0 Å². The number of nitrogens with zero attached hydrogens (tertiary/aromatic N) is 5. The van der Waals surface area contributed by atoms with E-state index in [-0.39, 0.29) is 5.54 Å². The first-order valence-electron chi connectivity index (χ1n) is 14.1. The van der Waals surface area contributed by atoms with E-state index in [0.29, 0.717) is 24.3 Å². The predicted octanol–water partition coefficient (Wildman–Crippen LogP) is 4.18. The summed E-state index contributed by atoms with van der Waals surface area (Å²) in [5.41, 5.74) is 1.40. The van der Waals surface area contributed by atoms with Gasteiger partial charge in [0.05, 0.1) is 19.5 Å². The smallest absolute Gasteiger partial charge is 0.236 e. The molecule has 36 heavy (non-hydrogen) atoms. The molecule has 1 amide bonds. The van der Waals surface area contributed by atoms with Gasteiger partial charge in [-0.3, -0.25) is 9.69 Å². The third-order valence-electron chi connectivity index (χ3n) is 8.42. The Morgan fingerprint density at radius 2 is 2.08 bits per heavy atom. The molecule has 2 unspecified atom stereocenters. The molecule has 0 bridgehead atoms. The van der Waals surface area contributed by atoms with Gasteiger partial charge in [0.15, 0.2) is 0 Å². The van der Waals surface area contributed by atoms with E-state index in [1.165, 1.54) is 5.57 Å². The van der Waals surface area contributed by atoms with Crippen molar-refractivity contribution in [3.63, 3.8) is 0 Å². The Morgan fingerprint density at radius 3 is 2.83 bits per heavy atom. The number of unbranched alkanes of at least 4 members (excludes halogenated alkanes) is 1. The van der Waals surface area contributed by atoms with Crippen LogP contribution in [0.5, 0.6) is 0 Å². The van der Waals surface area contributed by atoms with Crippen LogP contribution in [0.1, 0.15) is 58.8 Å². The maximum absolute atomic E-state index is 13.7. The fraction of sp³-hybridized carbons (Fsp3) is 0.724. The van der Waals surface area contributed by atoms with Crippen molar-refractivity contribution in [2.24, 2.45) is 11.8 Å². The first-order valence-corrected chi connectivity index (χ1v) is 14.1. The molecule has 7 nitrogen and oxygen atoms in total. The van der Waals surface area contributed by atoms with Gasteiger partial charge in [-0.2, -0.15) is 0 Å². The van der Waals surface area contributed by atoms with Gasteiger partial charge in [0.25, 0.3) is 0 Å². The van der Waals surface area contributed by atoms with Crippen LogP contribution in [-0.2, 0) is 16.1 Å². The summed E-state index contributed by atoms with van der Waals surface area (Å²) in [5.74, 6) is 2.51. The maximum Gasteiger partial charge on any atom is 0.236 e. The van der Waals surface area contributed by atoms with E-state index in [1.54, 1.807) is 0 Å². The highest BCUT2D eigenvalue weighted by Crippen LogP contribution is 2.43. The van der Waals surface area contributed by atoms with Crippen molar-refractivity contribution in [1.29, 1.82) is 0 Å². The van der Waals surface area contributed by atoms with Crippen molar-refractivity contribution in [2.45, 2.75) is 70.9 Å². The molecule has 0 radical (unpaired) electrons. The zero-order valence-electron chi connectivity index (χ0n) is 23.0. The molecule has 7 heteroatoms. The number of aromatic nitrogens is 2. The fourth-order valence-electron chi connectivity index (χ4n) is 6.14. The monoisotopic (exact) mass is 497 g/mol. The summed E-state index contributed by atoms with van der Waals surface area (Å²) in [6, 6.07) is 0. The van der Waals surface area contributed by atoms with Gasteiger partial charge in [-0.1, -0.05) is 19.4 Å². The summed E-state index contributed by atoms with van der Waals surface area (Å²) in [7, 11) is 4.20. The highest BCUT2D eigenvalue weighted by molar-refractivity contribution is 5.78. The van der Waals surface area contributed by atoms with Gasteiger partial charge in [-0.05, 0) is 83.2 Å². The molecule has 1 aromatic rings. The molecule has 0 saturated carbocycles. The number of hydrogen-bond donors (Lipinski definition) is 0. The van der Waals surface area contributed by atoms with Gasteiger partial charge in [-0.25, -0.2) is 4.98 Å². The first kappa shape index (κ1) is 26.9. The molecule has 2 fully saturated rings. The lowest BCUT2D eigenvalue weighted by molar-refractivity contribution is -0.133. The first-order chi connectivity index (χ1) is 17.4. The van der Waals surface area contributed by atoms with E-state index in [4.69, 9.17) is 4.74 Å². The molecule has 0 aromatic carbocycles. The van der Waals surface area contributed by atoms with Crippen molar-refractivity contribution < 1.29 is 9.53 Å². The Balaban J connectivity index is 1.45. The Labute approximate surface area is 218 Å². The van der Waals surface area contributed by atoms with Crippen molar-refractivity contribution >= 4 is 5.91 Å². The number of ether oxygens (including phenoxy) is 1. The largest absolute Gasteiger partial charge is 0.493 e. The quantitative estimate of drug-likeness (QED) is 0.409. The second kappa shape index (κ2) is 12.4. The average Bonchev–Trinajstić information content (AvgIpc) is 3.60. The minimum absolute atomic E-state index is 0.000661. The van der Waals surface area contributed by atoms with Crippen LogP contribution in [-0.4, -0.2) is 89.1 Å². The number of imidazole rings is 1. The van der Waals surface area contributed by atoms with E-state index < -0.39 is 0 Å². The number of fused-ring (bicyclic) bond motifs is 1. The fourth-order valence-corrected chi connectivity index (χ4v) is 6.14. The average molecular weight is 498 g/mol. The molecule has 3 aliphatic rings. The third kappa shape index (κ3) is 6.80. The summed E-state index contributed by atoms with van der Waals surface area (Å²) in [6.45, 7) is 10.6. The molecule has 3 atom stereocenters. The minimum Gasteiger partial charge on any atom is -0.493 e. The Hall–Kier alpha value is -2.12. The maximum atomic E-state index is 13.7. The normalized spacial score (nSPS) is 26.0. The lowest BCUT2D eigenvalue weighted by Crippen LogP contribution is -2.48. The van der Waals surface area contributed by atoms with E-state index in [1.807, 2.05) is 18.7 Å². The molecule has 4 rings (SSSR count). The summed E-state index contributed by atoms with van der Waals surface area (Å²) in [4.78, 5) is 24.7. The Kier molecular flexibility index (Phi) is 9.29. The molecule has 2 aliphatic heterocycles. The number of carbonyl (C=O) groups is 1. The minimum atomic E-state index is -0.000661. The van der Waals surface area contributed by atoms with Crippen LogP contribution in [0.2, 0.25) is 0 Å². The van der Waals surface area contributed by atoms with Crippen LogP contribution in [0.15, 0.2) is 42.2 Å². The molecule has 1 aromatic heterocycles. The van der Waals surface area contributed by atoms with Gasteiger partial charge in [0.1, 0.15) is 5.76 Å². The van der Waals surface area contributed by atoms with Crippen molar-refractivity contribution in [2.75, 3.05) is 53.4 Å². The van der Waals surface area contributed by atoms with Crippen molar-refractivity contribution in [3.8, 4) is 0 Å². The standard InChI is InChI=1S/C29H47N5O2/c1-5-6-14-33(15-7-13-31(3)4)28(35)22-34-21-26(24-8-9-27-25(19-24)10-18-36-27)20-29(34,2)11-16-32-17-12-30-23-32/h9,12,17,19,23-24,26H,5-8,10-11,13-16,18,20-22H2,1-4H3/t24?,26-,29?/m1/s1. The summed E-state index contributed by atoms with van der Waals surface area (Å²) < 4.78 is 7.96. The molecule has 200 valence electrons. The Bertz CT molecular complexity index is 909. The number of amides is 1. The molecule has 2 saturated heterocycles. The van der Waals surface area contributed by atoms with Gasteiger partial charge >= 0.3 is 0 Å². The predicted molar refractivity (Wildman–Crippen MR) is 144 cm³/mol. The second-order valence-corrected chi connectivity index (χ2v) is 11.5. The van der Waals surface area contributed by atoms with Gasteiger partial charge in [0, 0.05) is 50.5 Å².